The molecule has 0 spiro atoms. The Morgan fingerprint density at radius 3 is 2.80 bits per heavy atom. The number of rotatable bonds is 1. The lowest BCUT2D eigenvalue weighted by atomic mass is 10.2. The molecule has 0 aromatic heterocycles. The van der Waals surface area contributed by atoms with Crippen LogP contribution >= 0.6 is 0 Å². The Bertz CT molecular complexity index is 405. The van der Waals surface area contributed by atoms with Crippen molar-refractivity contribution in [1.29, 1.82) is 0 Å². The van der Waals surface area contributed by atoms with E-state index in [0.29, 0.717) is 31.1 Å². The first-order chi connectivity index (χ1) is 7.18. The van der Waals surface area contributed by atoms with Crippen LogP contribution in [-0.2, 0) is 0 Å². The summed E-state index contributed by atoms with van der Waals surface area (Å²) in [6.07, 6.45) is 0.700. The number of fused-ring (bicyclic) bond motifs is 1. The summed E-state index contributed by atoms with van der Waals surface area (Å²) in [5.74, 6) is 0.519. The largest absolute Gasteiger partial charge is 0.489 e. The first kappa shape index (κ1) is 9.57. The van der Waals surface area contributed by atoms with Gasteiger partial charge in [-0.2, -0.15) is 0 Å². The average molecular weight is 210 g/mol. The molecule has 1 aliphatic rings. The molecule has 80 valence electrons. The molecule has 1 aromatic rings. The molecule has 0 saturated heterocycles. The van der Waals surface area contributed by atoms with Crippen molar-refractivity contribution in [3.05, 3.63) is 22.2 Å². The molecule has 15 heavy (non-hydrogen) atoms. The van der Waals surface area contributed by atoms with Crippen LogP contribution in [0.1, 0.15) is 6.42 Å². The van der Waals surface area contributed by atoms with Crippen LogP contribution in [0.3, 0.4) is 0 Å². The molecule has 2 rings (SSSR count). The normalized spacial score (nSPS) is 14.4. The highest BCUT2D eigenvalue weighted by molar-refractivity contribution is 5.64. The van der Waals surface area contributed by atoms with Gasteiger partial charge in [0.1, 0.15) is 0 Å². The number of ether oxygens (including phenoxy) is 2. The van der Waals surface area contributed by atoms with Crippen molar-refractivity contribution in [2.45, 2.75) is 6.42 Å². The fourth-order valence-corrected chi connectivity index (χ4v) is 1.41. The van der Waals surface area contributed by atoms with E-state index >= 15 is 0 Å². The van der Waals surface area contributed by atoms with Crippen molar-refractivity contribution < 1.29 is 14.4 Å². The lowest BCUT2D eigenvalue weighted by molar-refractivity contribution is -0.385. The van der Waals surface area contributed by atoms with Gasteiger partial charge in [-0.25, -0.2) is 0 Å². The zero-order valence-electron chi connectivity index (χ0n) is 7.93. The van der Waals surface area contributed by atoms with E-state index in [9.17, 15) is 10.1 Å². The van der Waals surface area contributed by atoms with E-state index in [1.54, 1.807) is 0 Å². The predicted molar refractivity (Wildman–Crippen MR) is 53.1 cm³/mol. The SMILES string of the molecule is Nc1cc2c(c([N+](=O)[O-])c1)OCCCO2. The van der Waals surface area contributed by atoms with Crippen molar-refractivity contribution in [3.8, 4) is 11.5 Å². The third kappa shape index (κ3) is 1.78. The number of hydrogen-bond donors (Lipinski definition) is 1. The van der Waals surface area contributed by atoms with Crippen LogP contribution in [-0.4, -0.2) is 18.1 Å². The van der Waals surface area contributed by atoms with Crippen molar-refractivity contribution in [1.82, 2.24) is 0 Å². The van der Waals surface area contributed by atoms with Gasteiger partial charge in [0.2, 0.25) is 5.75 Å². The van der Waals surface area contributed by atoms with Crippen LogP contribution in [0.15, 0.2) is 12.1 Å². The van der Waals surface area contributed by atoms with Gasteiger partial charge in [-0.1, -0.05) is 0 Å². The second-order valence-electron chi connectivity index (χ2n) is 3.17. The lowest BCUT2D eigenvalue weighted by Crippen LogP contribution is -1.99. The number of nitro groups is 1. The third-order valence-electron chi connectivity index (χ3n) is 2.05. The molecule has 6 heteroatoms. The van der Waals surface area contributed by atoms with Gasteiger partial charge in [0.05, 0.1) is 18.1 Å². The summed E-state index contributed by atoms with van der Waals surface area (Å²) in [4.78, 5) is 10.2. The van der Waals surface area contributed by atoms with Crippen LogP contribution in [0.4, 0.5) is 11.4 Å². The van der Waals surface area contributed by atoms with E-state index < -0.39 is 4.92 Å². The smallest absolute Gasteiger partial charge is 0.316 e. The Hall–Kier alpha value is -1.98. The topological polar surface area (TPSA) is 87.6 Å². The fourth-order valence-electron chi connectivity index (χ4n) is 1.41. The van der Waals surface area contributed by atoms with Crippen molar-refractivity contribution in [2.75, 3.05) is 18.9 Å². The van der Waals surface area contributed by atoms with Crippen molar-refractivity contribution >= 4 is 11.4 Å². The minimum Gasteiger partial charge on any atom is -0.489 e. The van der Waals surface area contributed by atoms with Crippen LogP contribution in [0.25, 0.3) is 0 Å². The van der Waals surface area contributed by atoms with Gasteiger partial charge in [0.15, 0.2) is 5.75 Å². The standard InChI is InChI=1S/C9H10N2O4/c10-6-4-7(11(12)13)9-8(5-6)14-2-1-3-15-9/h4-5H,1-3,10H2. The van der Waals surface area contributed by atoms with Gasteiger partial charge in [-0.05, 0) is 0 Å². The molecule has 0 unspecified atom stereocenters. The summed E-state index contributed by atoms with van der Waals surface area (Å²) in [7, 11) is 0. The van der Waals surface area contributed by atoms with Gasteiger partial charge in [-0.3, -0.25) is 10.1 Å². The van der Waals surface area contributed by atoms with Crippen molar-refractivity contribution in [3.63, 3.8) is 0 Å². The molecular weight excluding hydrogens is 200 g/mol. The molecule has 0 saturated carbocycles. The first-order valence-corrected chi connectivity index (χ1v) is 4.52. The summed E-state index contributed by atoms with van der Waals surface area (Å²) in [5.41, 5.74) is 5.68. The van der Waals surface area contributed by atoms with Gasteiger partial charge >= 0.3 is 5.69 Å². The van der Waals surface area contributed by atoms with Gasteiger partial charge < -0.3 is 15.2 Å². The van der Waals surface area contributed by atoms with E-state index in [2.05, 4.69) is 0 Å². The minimum atomic E-state index is -0.524. The summed E-state index contributed by atoms with van der Waals surface area (Å²) in [5, 5.41) is 10.8. The first-order valence-electron chi connectivity index (χ1n) is 4.52. The summed E-state index contributed by atoms with van der Waals surface area (Å²) in [6, 6.07) is 2.81. The average Bonchev–Trinajstić information content (AvgIpc) is 2.41. The second-order valence-corrected chi connectivity index (χ2v) is 3.17. The molecule has 0 radical (unpaired) electrons. The molecule has 0 aliphatic carbocycles. The van der Waals surface area contributed by atoms with E-state index in [1.165, 1.54) is 12.1 Å². The monoisotopic (exact) mass is 210 g/mol. The second kappa shape index (κ2) is 3.64. The van der Waals surface area contributed by atoms with Crippen LogP contribution in [0.5, 0.6) is 11.5 Å². The molecule has 6 nitrogen and oxygen atoms in total. The van der Waals surface area contributed by atoms with E-state index in [1.807, 2.05) is 0 Å². The number of hydrogen-bond acceptors (Lipinski definition) is 5. The molecule has 1 heterocycles. The molecule has 2 N–H and O–H groups in total. The summed E-state index contributed by atoms with van der Waals surface area (Å²) in [6.45, 7) is 0.894. The summed E-state index contributed by atoms with van der Waals surface area (Å²) < 4.78 is 10.6. The maximum atomic E-state index is 10.8. The minimum absolute atomic E-state index is 0.146. The lowest BCUT2D eigenvalue weighted by Gasteiger charge is -2.07. The molecule has 0 amide bonds. The number of nitrogens with zero attached hydrogens (tertiary/aromatic N) is 1. The number of benzene rings is 1. The molecule has 0 atom stereocenters. The molecule has 0 fully saturated rings. The highest BCUT2D eigenvalue weighted by Crippen LogP contribution is 2.40. The zero-order valence-corrected chi connectivity index (χ0v) is 7.93. The Balaban J connectivity index is 2.54. The van der Waals surface area contributed by atoms with Crippen LogP contribution < -0.4 is 15.2 Å². The molecule has 0 bridgehead atoms. The fraction of sp³-hybridized carbons (Fsp3) is 0.333. The van der Waals surface area contributed by atoms with Gasteiger partial charge in [-0.15, -0.1) is 0 Å². The number of nitro benzene ring substituents is 1. The van der Waals surface area contributed by atoms with Crippen LogP contribution in [0.2, 0.25) is 0 Å². The molecule has 1 aliphatic heterocycles. The summed E-state index contributed by atoms with van der Waals surface area (Å²) >= 11 is 0. The van der Waals surface area contributed by atoms with Gasteiger partial charge in [0, 0.05) is 24.2 Å². The van der Waals surface area contributed by atoms with E-state index in [0.717, 1.165) is 0 Å². The van der Waals surface area contributed by atoms with E-state index in [4.69, 9.17) is 15.2 Å². The highest BCUT2D eigenvalue weighted by Gasteiger charge is 2.23. The number of anilines is 1. The van der Waals surface area contributed by atoms with Gasteiger partial charge in [0.25, 0.3) is 0 Å². The van der Waals surface area contributed by atoms with Crippen LogP contribution in [0, 0.1) is 10.1 Å². The Morgan fingerprint density at radius 2 is 2.07 bits per heavy atom. The number of nitrogen functional groups attached to an aromatic ring is 1. The Labute approximate surface area is 85.7 Å². The molecule has 1 aromatic carbocycles. The Kier molecular flexibility index (Phi) is 2.32. The third-order valence-corrected chi connectivity index (χ3v) is 2.05. The maximum Gasteiger partial charge on any atom is 0.316 e. The zero-order chi connectivity index (χ0) is 10.8. The van der Waals surface area contributed by atoms with Crippen molar-refractivity contribution in [2.24, 2.45) is 0 Å². The molecular formula is C9H10N2O4. The Morgan fingerprint density at radius 1 is 1.33 bits per heavy atom. The van der Waals surface area contributed by atoms with E-state index in [-0.39, 0.29) is 11.4 Å². The quantitative estimate of drug-likeness (QED) is 0.429. The number of nitrogens with two attached hydrogens (primary N) is 1. The predicted octanol–water partition coefficient (Wildman–Crippen LogP) is 1.34. The highest BCUT2D eigenvalue weighted by atomic mass is 16.6. The maximum absolute atomic E-state index is 10.8.